The highest BCUT2D eigenvalue weighted by molar-refractivity contribution is 5.34. The van der Waals surface area contributed by atoms with Crippen molar-refractivity contribution in [2.45, 2.75) is 85.0 Å². The number of rotatable bonds is 8. The molecule has 0 N–H and O–H groups in total. The van der Waals surface area contributed by atoms with Gasteiger partial charge in [0.15, 0.2) is 0 Å². The van der Waals surface area contributed by atoms with Crippen molar-refractivity contribution in [1.29, 1.82) is 0 Å². The van der Waals surface area contributed by atoms with Gasteiger partial charge in [0, 0.05) is 0 Å². The molecule has 126 valence electrons. The van der Waals surface area contributed by atoms with Crippen molar-refractivity contribution >= 4 is 0 Å². The van der Waals surface area contributed by atoms with Gasteiger partial charge in [0.2, 0.25) is 0 Å². The predicted molar refractivity (Wildman–Crippen MR) is 103 cm³/mol. The van der Waals surface area contributed by atoms with Gasteiger partial charge in [-0.3, -0.25) is 0 Å². The summed E-state index contributed by atoms with van der Waals surface area (Å²) in [4.78, 5) is 0. The lowest BCUT2D eigenvalue weighted by atomic mass is 9.87. The van der Waals surface area contributed by atoms with Crippen LogP contribution in [-0.2, 0) is 6.42 Å². The molecule has 23 heavy (non-hydrogen) atoms. The molecule has 0 unspecified atom stereocenters. The Bertz CT molecular complexity index is 538. The Balaban J connectivity index is 1.96. The first-order valence-corrected chi connectivity index (χ1v) is 9.70. The molecule has 1 aromatic rings. The topological polar surface area (TPSA) is 0 Å². The second-order valence-corrected chi connectivity index (χ2v) is 6.89. The van der Waals surface area contributed by atoms with Crippen molar-refractivity contribution in [2.24, 2.45) is 0 Å². The van der Waals surface area contributed by atoms with Gasteiger partial charge in [-0.15, -0.1) is 0 Å². The van der Waals surface area contributed by atoms with Crippen LogP contribution in [0.25, 0.3) is 0 Å². The van der Waals surface area contributed by atoms with Crippen molar-refractivity contribution in [2.75, 3.05) is 0 Å². The highest BCUT2D eigenvalue weighted by Crippen LogP contribution is 2.30. The van der Waals surface area contributed by atoms with E-state index in [1.807, 2.05) is 0 Å². The Labute approximate surface area is 143 Å². The van der Waals surface area contributed by atoms with Crippen LogP contribution in [0.1, 0.15) is 89.7 Å². The minimum Gasteiger partial charge on any atom is -0.0693 e. The van der Waals surface area contributed by atoms with E-state index in [2.05, 4.69) is 58.0 Å². The number of benzene rings is 1. The molecule has 0 atom stereocenters. The second kappa shape index (κ2) is 9.11. The number of hydrogen-bond acceptors (Lipinski definition) is 0. The molecule has 0 saturated heterocycles. The zero-order chi connectivity index (χ0) is 16.7. The van der Waals surface area contributed by atoms with Crippen LogP contribution in [0.15, 0.2) is 47.1 Å². The van der Waals surface area contributed by atoms with Crippen LogP contribution >= 0.6 is 0 Å². The molecule has 0 fully saturated rings. The van der Waals surface area contributed by atoms with Gasteiger partial charge in [-0.2, -0.15) is 0 Å². The molecule has 0 amide bonds. The van der Waals surface area contributed by atoms with E-state index in [0.29, 0.717) is 0 Å². The molecule has 1 aromatic carbocycles. The number of hydrogen-bond donors (Lipinski definition) is 0. The SMILES string of the molecule is CCC1=C(CC)CCC(CCc2ccc(C(CC)CC)cc2)=C1. The van der Waals surface area contributed by atoms with Crippen LogP contribution in [0.5, 0.6) is 0 Å². The van der Waals surface area contributed by atoms with Crippen LogP contribution in [0.2, 0.25) is 0 Å². The molecule has 1 aliphatic rings. The Hall–Kier alpha value is -1.30. The summed E-state index contributed by atoms with van der Waals surface area (Å²) in [6, 6.07) is 9.42. The minimum absolute atomic E-state index is 0.731. The molecule has 2 rings (SSSR count). The first kappa shape index (κ1) is 18.0. The number of aryl methyl sites for hydroxylation is 1. The molecule has 0 bridgehead atoms. The first-order valence-electron chi connectivity index (χ1n) is 9.70. The van der Waals surface area contributed by atoms with Gasteiger partial charge in [0.05, 0.1) is 0 Å². The van der Waals surface area contributed by atoms with Crippen molar-refractivity contribution < 1.29 is 0 Å². The van der Waals surface area contributed by atoms with Gasteiger partial charge in [-0.1, -0.05) is 69.2 Å². The molecule has 0 nitrogen and oxygen atoms in total. The fourth-order valence-corrected chi connectivity index (χ4v) is 3.87. The lowest BCUT2D eigenvalue weighted by Crippen LogP contribution is -2.00. The molecule has 0 aliphatic heterocycles. The zero-order valence-corrected chi connectivity index (χ0v) is 15.6. The van der Waals surface area contributed by atoms with Crippen molar-refractivity contribution in [3.05, 3.63) is 58.2 Å². The molecule has 0 heterocycles. The van der Waals surface area contributed by atoms with Crippen LogP contribution in [0, 0.1) is 0 Å². The predicted octanol–water partition coefficient (Wildman–Crippen LogP) is 7.36. The van der Waals surface area contributed by atoms with Crippen LogP contribution in [0.3, 0.4) is 0 Å². The van der Waals surface area contributed by atoms with Gasteiger partial charge in [-0.25, -0.2) is 0 Å². The monoisotopic (exact) mass is 310 g/mol. The van der Waals surface area contributed by atoms with Crippen LogP contribution in [-0.4, -0.2) is 0 Å². The van der Waals surface area contributed by atoms with Gasteiger partial charge in [-0.05, 0) is 74.0 Å². The first-order chi connectivity index (χ1) is 11.2. The van der Waals surface area contributed by atoms with Gasteiger partial charge in [0.25, 0.3) is 0 Å². The third-order valence-electron chi connectivity index (χ3n) is 5.56. The van der Waals surface area contributed by atoms with Gasteiger partial charge in [0.1, 0.15) is 0 Å². The molecule has 0 spiro atoms. The summed E-state index contributed by atoms with van der Waals surface area (Å²) in [7, 11) is 0. The van der Waals surface area contributed by atoms with E-state index >= 15 is 0 Å². The zero-order valence-electron chi connectivity index (χ0n) is 15.6. The normalized spacial score (nSPS) is 15.3. The average molecular weight is 311 g/mol. The lowest BCUT2D eigenvalue weighted by Gasteiger charge is -2.19. The molecule has 0 radical (unpaired) electrons. The fraction of sp³-hybridized carbons (Fsp3) is 0.565. The highest BCUT2D eigenvalue weighted by Gasteiger charge is 2.11. The summed E-state index contributed by atoms with van der Waals surface area (Å²) in [6.07, 6.45) is 12.4. The average Bonchev–Trinajstić information content (AvgIpc) is 2.61. The highest BCUT2D eigenvalue weighted by atomic mass is 14.2. The van der Waals surface area contributed by atoms with Crippen molar-refractivity contribution in [1.82, 2.24) is 0 Å². The van der Waals surface area contributed by atoms with E-state index in [-0.39, 0.29) is 0 Å². The minimum atomic E-state index is 0.731. The van der Waals surface area contributed by atoms with E-state index in [0.717, 1.165) is 5.92 Å². The summed E-state index contributed by atoms with van der Waals surface area (Å²) in [5, 5.41) is 0. The van der Waals surface area contributed by atoms with Crippen molar-refractivity contribution in [3.8, 4) is 0 Å². The maximum atomic E-state index is 2.50. The largest absolute Gasteiger partial charge is 0.0693 e. The molecular weight excluding hydrogens is 276 g/mol. The number of allylic oxidation sites excluding steroid dienone is 4. The summed E-state index contributed by atoms with van der Waals surface area (Å²) in [5.41, 5.74) is 7.95. The van der Waals surface area contributed by atoms with Gasteiger partial charge < -0.3 is 0 Å². The second-order valence-electron chi connectivity index (χ2n) is 6.89. The maximum absolute atomic E-state index is 2.50. The summed E-state index contributed by atoms with van der Waals surface area (Å²) >= 11 is 0. The lowest BCUT2D eigenvalue weighted by molar-refractivity contribution is 0.641. The van der Waals surface area contributed by atoms with Crippen LogP contribution < -0.4 is 0 Å². The Morgan fingerprint density at radius 3 is 2.09 bits per heavy atom. The Morgan fingerprint density at radius 2 is 1.52 bits per heavy atom. The van der Waals surface area contributed by atoms with Crippen molar-refractivity contribution in [3.63, 3.8) is 0 Å². The molecule has 0 heteroatoms. The molecule has 1 aliphatic carbocycles. The van der Waals surface area contributed by atoms with E-state index in [1.54, 1.807) is 16.7 Å². The van der Waals surface area contributed by atoms with Gasteiger partial charge >= 0.3 is 0 Å². The fourth-order valence-electron chi connectivity index (χ4n) is 3.87. The Kier molecular flexibility index (Phi) is 7.15. The maximum Gasteiger partial charge on any atom is -0.0167 e. The smallest absolute Gasteiger partial charge is 0.0167 e. The third-order valence-corrected chi connectivity index (χ3v) is 5.56. The molecular formula is C23H34. The summed E-state index contributed by atoms with van der Waals surface area (Å²) in [6.45, 7) is 9.17. The quantitative estimate of drug-likeness (QED) is 0.470. The summed E-state index contributed by atoms with van der Waals surface area (Å²) < 4.78 is 0. The third kappa shape index (κ3) is 4.83. The summed E-state index contributed by atoms with van der Waals surface area (Å²) in [5.74, 6) is 0.731. The standard InChI is InChI=1S/C23H34/c1-5-20(6-2)23-15-11-18(12-16-23)9-10-19-13-14-21(7-3)22(8-4)17-19/h11-12,15-17,20H,5-10,13-14H2,1-4H3. The van der Waals surface area contributed by atoms with E-state index in [1.165, 1.54) is 62.5 Å². The van der Waals surface area contributed by atoms with E-state index in [9.17, 15) is 0 Å². The van der Waals surface area contributed by atoms with E-state index in [4.69, 9.17) is 0 Å². The van der Waals surface area contributed by atoms with Crippen LogP contribution in [0.4, 0.5) is 0 Å². The Morgan fingerprint density at radius 1 is 0.826 bits per heavy atom. The molecule has 0 saturated carbocycles. The molecule has 0 aromatic heterocycles. The van der Waals surface area contributed by atoms with E-state index < -0.39 is 0 Å².